The van der Waals surface area contributed by atoms with Crippen LogP contribution in [0, 0.1) is 5.92 Å². The van der Waals surface area contributed by atoms with Crippen LogP contribution in [-0.2, 0) is 19.3 Å². The van der Waals surface area contributed by atoms with Crippen LogP contribution < -0.4 is 0 Å². The summed E-state index contributed by atoms with van der Waals surface area (Å²) in [5, 5.41) is 0. The van der Waals surface area contributed by atoms with Gasteiger partial charge in [0.05, 0.1) is 0 Å². The Balaban J connectivity index is 1.04. The van der Waals surface area contributed by atoms with Gasteiger partial charge in [-0.1, -0.05) is 212 Å². The second-order valence-electron chi connectivity index (χ2n) is 21.4. The molecule has 1 fully saturated rings. The number of hydrogen-bond donors (Lipinski definition) is 0. The summed E-state index contributed by atoms with van der Waals surface area (Å²) in [4.78, 5) is 39.2. The van der Waals surface area contributed by atoms with E-state index in [4.69, 9.17) is 0 Å². The van der Waals surface area contributed by atoms with Crippen LogP contribution in [0.1, 0.15) is 197 Å². The Morgan fingerprint density at radius 1 is 0.342 bits per heavy atom. The third-order valence-corrected chi connectivity index (χ3v) is 20.0. The summed E-state index contributed by atoms with van der Waals surface area (Å²) in [5.74, 6) is 1.40. The minimum absolute atomic E-state index is 0.0862. The van der Waals surface area contributed by atoms with Gasteiger partial charge in [-0.3, -0.25) is 9.59 Å². The van der Waals surface area contributed by atoms with Crippen molar-refractivity contribution < 1.29 is 9.59 Å². The van der Waals surface area contributed by atoms with E-state index in [1.165, 1.54) is 143 Å². The number of carbonyl (C=O) groups excluding carboxylic acids is 2. The van der Waals surface area contributed by atoms with Crippen molar-refractivity contribution in [1.82, 2.24) is 0 Å². The topological polar surface area (TPSA) is 34.1 Å². The summed E-state index contributed by atoms with van der Waals surface area (Å²) in [7, 11) is 0. The zero-order chi connectivity index (χ0) is 52.6. The van der Waals surface area contributed by atoms with Gasteiger partial charge in [0.2, 0.25) is 0 Å². The molecule has 0 unspecified atom stereocenters. The van der Waals surface area contributed by atoms with Crippen molar-refractivity contribution in [3.63, 3.8) is 0 Å². The molecule has 0 atom stereocenters. The van der Waals surface area contributed by atoms with Crippen LogP contribution in [0.2, 0.25) is 0 Å². The first kappa shape index (κ1) is 56.0. The van der Waals surface area contributed by atoms with Gasteiger partial charge in [-0.2, -0.15) is 0 Å². The Kier molecular flexibility index (Phi) is 20.8. The van der Waals surface area contributed by atoms with Crippen LogP contribution >= 0.6 is 47.0 Å². The van der Waals surface area contributed by atoms with E-state index >= 15 is 9.59 Å². The van der Waals surface area contributed by atoms with Crippen molar-refractivity contribution in [3.8, 4) is 11.1 Å². The second kappa shape index (κ2) is 28.2. The number of carbonyl (C=O) groups is 2. The highest BCUT2D eigenvalue weighted by Gasteiger charge is 2.38. The fourth-order valence-electron chi connectivity index (χ4n) is 11.2. The predicted octanol–water partition coefficient (Wildman–Crippen LogP) is 21.8. The van der Waals surface area contributed by atoms with Gasteiger partial charge in [-0.05, 0) is 182 Å². The van der Waals surface area contributed by atoms with Crippen molar-refractivity contribution in [2.75, 3.05) is 0 Å². The number of hydrogen-bond acceptors (Lipinski definition) is 6. The summed E-state index contributed by atoms with van der Waals surface area (Å²) >= 11 is 6.34. The van der Waals surface area contributed by atoms with Crippen molar-refractivity contribution >= 4 is 58.6 Å². The Morgan fingerprint density at radius 3 is 0.974 bits per heavy atom. The van der Waals surface area contributed by atoms with Gasteiger partial charge < -0.3 is 0 Å². The van der Waals surface area contributed by atoms with Crippen LogP contribution in [0.25, 0.3) is 11.1 Å². The summed E-state index contributed by atoms with van der Waals surface area (Å²) < 4.78 is 0. The minimum atomic E-state index is -0.0880. The smallest absolute Gasteiger partial charge is 0.196 e. The molecule has 7 aromatic rings. The molecule has 6 heteroatoms. The number of ketones is 2. The van der Waals surface area contributed by atoms with Crippen LogP contribution in [-0.4, -0.2) is 11.6 Å². The highest BCUT2D eigenvalue weighted by molar-refractivity contribution is 8.00. The molecule has 9 rings (SSSR count). The van der Waals surface area contributed by atoms with E-state index in [1.807, 2.05) is 0 Å². The molecule has 0 saturated heterocycles. The van der Waals surface area contributed by atoms with E-state index in [2.05, 4.69) is 173 Å². The molecule has 0 N–H and O–H groups in total. The highest BCUT2D eigenvalue weighted by Crippen LogP contribution is 2.49. The van der Waals surface area contributed by atoms with Crippen LogP contribution in [0.15, 0.2) is 185 Å². The lowest BCUT2D eigenvalue weighted by atomic mass is 9.77. The maximum atomic E-state index is 15.9. The number of rotatable bonds is 26. The number of benzene rings is 7. The Labute approximate surface area is 473 Å². The predicted molar refractivity (Wildman–Crippen MR) is 326 cm³/mol. The van der Waals surface area contributed by atoms with Crippen molar-refractivity contribution in [2.45, 2.75) is 201 Å². The lowest BCUT2D eigenvalue weighted by molar-refractivity contribution is 0.0970. The van der Waals surface area contributed by atoms with Crippen LogP contribution in [0.3, 0.4) is 0 Å². The van der Waals surface area contributed by atoms with Gasteiger partial charge in [-0.15, -0.1) is 0 Å². The summed E-state index contributed by atoms with van der Waals surface area (Å²) in [5.41, 5.74) is 9.88. The first-order valence-electron chi connectivity index (χ1n) is 28.9. The van der Waals surface area contributed by atoms with Crippen molar-refractivity contribution in [2.24, 2.45) is 5.92 Å². The molecule has 2 aliphatic carbocycles. The first-order chi connectivity index (χ1) is 37.3. The highest BCUT2D eigenvalue weighted by atomic mass is 32.2. The van der Waals surface area contributed by atoms with E-state index in [9.17, 15) is 0 Å². The molecule has 0 heterocycles. The number of aryl methyl sites for hydroxylation is 3. The molecular formula is C70H78O2S4. The molecule has 2 aliphatic rings. The van der Waals surface area contributed by atoms with E-state index in [-0.39, 0.29) is 11.6 Å². The van der Waals surface area contributed by atoms with E-state index in [0.717, 1.165) is 64.3 Å². The standard InChI is InChI=1S/C70H78O2S4/c1-5-9-13-17-49-21-29-53(30-22-49)54-31-33-55(34-32-54)56-35-43-60(44-36-56)76-64-48-47-63(75-59-41-27-52(28-42-59)20-16-12-8-4)67-68(64)70(72)66-62(74-58-39-25-51(26-40-58)19-15-11-7-3)46-45-61(65(66)69(67)71)73-57-37-23-50(24-38-57)18-14-10-6-2/h23-28,31-49,53H,5-22,29-30H2,1-4H3. The first-order valence-corrected chi connectivity index (χ1v) is 32.2. The molecular weight excluding hydrogens is 1000 g/mol. The summed E-state index contributed by atoms with van der Waals surface area (Å²) in [6.07, 6.45) is 24.8. The fraction of sp³-hybridized carbons (Fsp3) is 0.371. The van der Waals surface area contributed by atoms with E-state index in [0.29, 0.717) is 28.2 Å². The fourth-order valence-corrected chi connectivity index (χ4v) is 15.0. The Morgan fingerprint density at radius 2 is 0.645 bits per heavy atom. The van der Waals surface area contributed by atoms with E-state index in [1.54, 1.807) is 47.0 Å². The molecule has 76 heavy (non-hydrogen) atoms. The van der Waals surface area contributed by atoms with Gasteiger partial charge in [0.15, 0.2) is 11.6 Å². The number of fused-ring (bicyclic) bond motifs is 2. The molecule has 394 valence electrons. The maximum absolute atomic E-state index is 15.9. The molecule has 0 aromatic heterocycles. The summed E-state index contributed by atoms with van der Waals surface area (Å²) in [6.45, 7) is 9.03. The molecule has 0 amide bonds. The molecule has 0 radical (unpaired) electrons. The largest absolute Gasteiger partial charge is 0.288 e. The number of unbranched alkanes of at least 4 members (excludes halogenated alkanes) is 8. The average molecular weight is 1080 g/mol. The molecule has 1 saturated carbocycles. The minimum Gasteiger partial charge on any atom is -0.288 e. The van der Waals surface area contributed by atoms with Crippen molar-refractivity contribution in [1.29, 1.82) is 0 Å². The Hall–Kier alpha value is -4.72. The Bertz CT molecular complexity index is 2990. The van der Waals surface area contributed by atoms with Gasteiger partial charge in [0, 0.05) is 61.4 Å². The van der Waals surface area contributed by atoms with Gasteiger partial charge in [-0.25, -0.2) is 0 Å². The normalized spacial score (nSPS) is 15.2. The monoisotopic (exact) mass is 1080 g/mol. The summed E-state index contributed by atoms with van der Waals surface area (Å²) in [6, 6.07) is 52.8. The molecule has 2 nitrogen and oxygen atoms in total. The molecule has 0 spiro atoms. The van der Waals surface area contributed by atoms with Gasteiger partial charge >= 0.3 is 0 Å². The lowest BCUT2D eigenvalue weighted by Crippen LogP contribution is -2.24. The molecule has 0 bridgehead atoms. The quantitative estimate of drug-likeness (QED) is 0.0503. The van der Waals surface area contributed by atoms with Gasteiger partial charge in [0.25, 0.3) is 0 Å². The SMILES string of the molecule is CCCCCc1ccc(Sc2ccc(Sc3ccc(CCCCC)cc3)c3c2C(=O)c2c(Sc4ccc(CCCCC)cc4)ccc(Sc4ccc(-c5ccc(C6CCC(CCCCC)CC6)cc5)cc4)c2C3=O)cc1. The van der Waals surface area contributed by atoms with Crippen molar-refractivity contribution in [3.05, 3.63) is 190 Å². The second-order valence-corrected chi connectivity index (χ2v) is 25.8. The average Bonchev–Trinajstić information content (AvgIpc) is 3.49. The third kappa shape index (κ3) is 14.5. The molecule has 7 aromatic carbocycles. The maximum Gasteiger partial charge on any atom is 0.196 e. The third-order valence-electron chi connectivity index (χ3n) is 15.7. The van der Waals surface area contributed by atoms with Crippen LogP contribution in [0.4, 0.5) is 0 Å². The van der Waals surface area contributed by atoms with Crippen LogP contribution in [0.5, 0.6) is 0 Å². The zero-order valence-electron chi connectivity index (χ0n) is 45.6. The molecule has 0 aliphatic heterocycles. The lowest BCUT2D eigenvalue weighted by Gasteiger charge is -2.29. The zero-order valence-corrected chi connectivity index (χ0v) is 48.9. The van der Waals surface area contributed by atoms with Gasteiger partial charge in [0.1, 0.15) is 0 Å². The van der Waals surface area contributed by atoms with E-state index < -0.39 is 0 Å².